The molecule has 252 valence electrons. The van der Waals surface area contributed by atoms with Gasteiger partial charge in [-0.25, -0.2) is 13.1 Å². The van der Waals surface area contributed by atoms with E-state index < -0.39 is 45.5 Å². The first-order chi connectivity index (χ1) is 23.2. The average Bonchev–Trinajstić information content (AvgIpc) is 3.07. The number of amides is 3. The van der Waals surface area contributed by atoms with Gasteiger partial charge in [-0.15, -0.1) is 0 Å². The Hall–Kier alpha value is -5.49. The molecule has 0 aromatic heterocycles. The number of carbonyl (C=O) groups is 3. The minimum absolute atomic E-state index is 0.107. The molecule has 0 saturated heterocycles. The van der Waals surface area contributed by atoms with Gasteiger partial charge in [-0.2, -0.15) is 13.2 Å². The molecule has 0 saturated carbocycles. The van der Waals surface area contributed by atoms with Crippen molar-refractivity contribution in [2.75, 3.05) is 10.2 Å². The molecule has 0 spiro atoms. The molecule has 12 heteroatoms. The first-order valence-electron chi connectivity index (χ1n) is 15.2. The number of nitrogens with zero attached hydrogens (tertiary/aromatic N) is 1. The fourth-order valence-electron chi connectivity index (χ4n) is 5.32. The standard InChI is InChI=1S/C37H32F3N3O5S/c1-24(2)43(31-14-8-13-29(23-31)37(38,39)40)36(46)33(21-25-15-18-30(19-16-25)41-34(44)27-10-4-3-5-11-27)35(45)42-49(47,48)32-20-17-26-9-6-7-12-28(26)22-32/h3-20,22-24,33H,21H2,1-2H3,(H,41,44)(H,42,45). The Bertz CT molecular complexity index is 2100. The SMILES string of the molecule is CC(C)N(C(=O)C(Cc1ccc(NC(=O)c2ccccc2)cc1)C(=O)NS(=O)(=O)c1ccc2ccccc2c1)c1cccc(C(F)(F)F)c1. The van der Waals surface area contributed by atoms with Crippen molar-refractivity contribution < 1.29 is 36.0 Å². The third kappa shape index (κ3) is 8.33. The van der Waals surface area contributed by atoms with Crippen LogP contribution in [-0.4, -0.2) is 32.2 Å². The highest BCUT2D eigenvalue weighted by molar-refractivity contribution is 7.90. The van der Waals surface area contributed by atoms with E-state index >= 15 is 0 Å². The molecule has 0 heterocycles. The van der Waals surface area contributed by atoms with Gasteiger partial charge in [-0.05, 0) is 91.2 Å². The predicted molar refractivity (Wildman–Crippen MR) is 181 cm³/mol. The van der Waals surface area contributed by atoms with E-state index in [1.165, 1.54) is 18.2 Å². The van der Waals surface area contributed by atoms with Crippen LogP contribution in [0.2, 0.25) is 0 Å². The van der Waals surface area contributed by atoms with Gasteiger partial charge in [-0.1, -0.05) is 66.7 Å². The van der Waals surface area contributed by atoms with E-state index in [0.717, 1.165) is 28.5 Å². The van der Waals surface area contributed by atoms with E-state index in [1.807, 2.05) is 4.72 Å². The molecule has 8 nitrogen and oxygen atoms in total. The number of sulfonamides is 1. The van der Waals surface area contributed by atoms with E-state index in [0.29, 0.717) is 22.2 Å². The average molecular weight is 688 g/mol. The maximum Gasteiger partial charge on any atom is 0.416 e. The monoisotopic (exact) mass is 687 g/mol. The predicted octanol–water partition coefficient (Wildman–Crippen LogP) is 7.22. The zero-order chi connectivity index (χ0) is 35.3. The van der Waals surface area contributed by atoms with Gasteiger partial charge in [-0.3, -0.25) is 14.4 Å². The molecule has 0 aliphatic heterocycles. The quantitative estimate of drug-likeness (QED) is 0.151. The first-order valence-corrected chi connectivity index (χ1v) is 16.7. The highest BCUT2D eigenvalue weighted by atomic mass is 32.2. The number of alkyl halides is 3. The Morgan fingerprint density at radius 1 is 0.755 bits per heavy atom. The maximum absolute atomic E-state index is 14.2. The summed E-state index contributed by atoms with van der Waals surface area (Å²) in [4.78, 5) is 41.5. The zero-order valence-corrected chi connectivity index (χ0v) is 27.3. The van der Waals surface area contributed by atoms with E-state index in [1.54, 1.807) is 98.8 Å². The molecule has 0 fully saturated rings. The van der Waals surface area contributed by atoms with Crippen molar-refractivity contribution in [3.8, 4) is 0 Å². The number of rotatable bonds is 10. The van der Waals surface area contributed by atoms with Gasteiger partial charge >= 0.3 is 6.18 Å². The van der Waals surface area contributed by atoms with Crippen LogP contribution < -0.4 is 14.9 Å². The van der Waals surface area contributed by atoms with Crippen molar-refractivity contribution >= 4 is 49.9 Å². The van der Waals surface area contributed by atoms with Gasteiger partial charge in [0.2, 0.25) is 11.8 Å². The summed E-state index contributed by atoms with van der Waals surface area (Å²) in [6, 6.07) is 29.6. The summed E-state index contributed by atoms with van der Waals surface area (Å²) in [6.07, 6.45) is -4.99. The summed E-state index contributed by atoms with van der Waals surface area (Å²) in [5.74, 6) is -4.08. The van der Waals surface area contributed by atoms with Gasteiger partial charge in [0.15, 0.2) is 0 Å². The minimum atomic E-state index is -4.69. The first kappa shape index (κ1) is 34.8. The number of nitrogens with one attached hydrogen (secondary N) is 2. The molecule has 3 amide bonds. The minimum Gasteiger partial charge on any atom is -0.322 e. The molecule has 0 bridgehead atoms. The third-order valence-corrected chi connectivity index (χ3v) is 9.12. The molecular weight excluding hydrogens is 655 g/mol. The second-order valence-electron chi connectivity index (χ2n) is 11.6. The van der Waals surface area contributed by atoms with Gasteiger partial charge in [0.05, 0.1) is 10.5 Å². The molecule has 5 aromatic rings. The van der Waals surface area contributed by atoms with Crippen molar-refractivity contribution in [2.45, 2.75) is 37.4 Å². The fraction of sp³-hybridized carbons (Fsp3) is 0.162. The lowest BCUT2D eigenvalue weighted by atomic mass is 9.96. The molecule has 1 unspecified atom stereocenters. The maximum atomic E-state index is 14.2. The number of carbonyl (C=O) groups excluding carboxylic acids is 3. The summed E-state index contributed by atoms with van der Waals surface area (Å²) < 4.78 is 69.7. The van der Waals surface area contributed by atoms with Crippen molar-refractivity contribution in [1.29, 1.82) is 0 Å². The summed E-state index contributed by atoms with van der Waals surface area (Å²) in [5.41, 5.74) is 0.198. The summed E-state index contributed by atoms with van der Waals surface area (Å²) >= 11 is 0. The molecule has 5 rings (SSSR count). The second-order valence-corrected chi connectivity index (χ2v) is 13.3. The van der Waals surface area contributed by atoms with Gasteiger partial charge in [0.1, 0.15) is 5.92 Å². The van der Waals surface area contributed by atoms with Gasteiger partial charge < -0.3 is 10.2 Å². The van der Waals surface area contributed by atoms with Crippen LogP contribution in [0.4, 0.5) is 24.5 Å². The molecule has 0 aliphatic carbocycles. The summed E-state index contributed by atoms with van der Waals surface area (Å²) in [6.45, 7) is 3.15. The van der Waals surface area contributed by atoms with E-state index in [-0.39, 0.29) is 22.9 Å². The molecule has 0 aliphatic rings. The van der Waals surface area contributed by atoms with Crippen molar-refractivity contribution in [3.63, 3.8) is 0 Å². The highest BCUT2D eigenvalue weighted by Crippen LogP contribution is 2.33. The largest absolute Gasteiger partial charge is 0.416 e. The Balaban J connectivity index is 1.46. The van der Waals surface area contributed by atoms with Gasteiger partial charge in [0.25, 0.3) is 15.9 Å². The van der Waals surface area contributed by atoms with Crippen LogP contribution in [0.25, 0.3) is 10.8 Å². The van der Waals surface area contributed by atoms with Crippen LogP contribution in [0.15, 0.2) is 126 Å². The van der Waals surface area contributed by atoms with Crippen molar-refractivity contribution in [3.05, 3.63) is 138 Å². The normalized spacial score (nSPS) is 12.4. The number of benzene rings is 5. The lowest BCUT2D eigenvalue weighted by Crippen LogP contribution is -2.48. The Kier molecular flexibility index (Phi) is 10.2. The molecule has 49 heavy (non-hydrogen) atoms. The molecule has 1 atom stereocenters. The van der Waals surface area contributed by atoms with Crippen LogP contribution in [0.1, 0.15) is 35.3 Å². The fourth-order valence-corrected chi connectivity index (χ4v) is 6.38. The van der Waals surface area contributed by atoms with Crippen LogP contribution in [0.5, 0.6) is 0 Å². The summed E-state index contributed by atoms with van der Waals surface area (Å²) in [5, 5.41) is 4.14. The van der Waals surface area contributed by atoms with Crippen LogP contribution >= 0.6 is 0 Å². The second kappa shape index (κ2) is 14.3. The zero-order valence-electron chi connectivity index (χ0n) is 26.4. The van der Waals surface area contributed by atoms with Crippen LogP contribution in [-0.2, 0) is 32.2 Å². The van der Waals surface area contributed by atoms with E-state index in [2.05, 4.69) is 5.32 Å². The Labute approximate surface area is 281 Å². The van der Waals surface area contributed by atoms with Crippen molar-refractivity contribution in [1.82, 2.24) is 4.72 Å². The van der Waals surface area contributed by atoms with Gasteiger partial charge in [0, 0.05) is 23.0 Å². The smallest absolute Gasteiger partial charge is 0.322 e. The van der Waals surface area contributed by atoms with E-state index in [9.17, 15) is 36.0 Å². The molecule has 5 aromatic carbocycles. The molecule has 0 radical (unpaired) electrons. The van der Waals surface area contributed by atoms with Crippen LogP contribution in [0.3, 0.4) is 0 Å². The number of hydrogen-bond donors (Lipinski definition) is 2. The molecular formula is C37H32F3N3O5S. The number of anilines is 2. The van der Waals surface area contributed by atoms with E-state index in [4.69, 9.17) is 0 Å². The topological polar surface area (TPSA) is 113 Å². The number of fused-ring (bicyclic) bond motifs is 1. The van der Waals surface area contributed by atoms with Crippen LogP contribution in [0, 0.1) is 5.92 Å². The van der Waals surface area contributed by atoms with Crippen molar-refractivity contribution in [2.24, 2.45) is 5.92 Å². The molecule has 2 N–H and O–H groups in total. The summed E-state index contributed by atoms with van der Waals surface area (Å²) in [7, 11) is -4.47. The Morgan fingerprint density at radius 2 is 1.41 bits per heavy atom. The lowest BCUT2D eigenvalue weighted by Gasteiger charge is -2.31. The Morgan fingerprint density at radius 3 is 2.06 bits per heavy atom. The third-order valence-electron chi connectivity index (χ3n) is 7.77. The lowest BCUT2D eigenvalue weighted by molar-refractivity contribution is -0.138. The number of hydrogen-bond acceptors (Lipinski definition) is 5. The highest BCUT2D eigenvalue weighted by Gasteiger charge is 2.37. The number of halogens is 3.